The molecule has 0 unspecified atom stereocenters. The molecule has 0 bridgehead atoms. The summed E-state index contributed by atoms with van der Waals surface area (Å²) >= 11 is 0. The minimum Gasteiger partial charge on any atom is -0.477 e. The van der Waals surface area contributed by atoms with Gasteiger partial charge in [-0.2, -0.15) is 13.2 Å². The number of likely N-dealkylation sites (N-methyl/N-ethyl adjacent to an activating group) is 1. The average molecular weight is 604 g/mol. The number of carbonyl (C=O) groups is 2. The molecule has 2 aromatic rings. The van der Waals surface area contributed by atoms with Gasteiger partial charge < -0.3 is 29.7 Å². The molecule has 0 aliphatic carbocycles. The van der Waals surface area contributed by atoms with Gasteiger partial charge in [0.2, 0.25) is 5.88 Å². The number of hydrogen-bond acceptors (Lipinski definition) is 7. The Morgan fingerprint density at radius 3 is 2.56 bits per heavy atom. The van der Waals surface area contributed by atoms with Crippen molar-refractivity contribution >= 4 is 17.6 Å². The van der Waals surface area contributed by atoms with Crippen LogP contribution in [0.4, 0.5) is 23.7 Å². The van der Waals surface area contributed by atoms with Crippen LogP contribution in [0, 0.1) is 0 Å². The third kappa shape index (κ3) is 6.51. The highest BCUT2D eigenvalue weighted by molar-refractivity contribution is 5.98. The van der Waals surface area contributed by atoms with Crippen LogP contribution in [-0.4, -0.2) is 114 Å². The summed E-state index contributed by atoms with van der Waals surface area (Å²) in [5.74, 6) is 0.114. The minimum absolute atomic E-state index is 0.0680. The van der Waals surface area contributed by atoms with Crippen LogP contribution in [0.3, 0.4) is 0 Å². The number of likely N-dealkylation sites (tertiary alicyclic amines) is 2. The Kier molecular flexibility index (Phi) is 9.28. The standard InChI is InChI=1S/C30H40F3N7O3/c1-4-20-19-38(29(42)40-14-7-9-25(40)30(31,32)33)16-17-39(20)24-11-10-23(22-8-6-13-34-28(22)43-5-2)36-26(24)27(41)35-18-21-12-15-37(21)3/h6,8,10-11,13,20-21,25H,4-5,7,9,12,14-19H2,1-3H3,(H,35,41)/t20-,21-,25+/m1/s1. The van der Waals surface area contributed by atoms with Crippen LogP contribution in [0.5, 0.6) is 5.88 Å². The maximum Gasteiger partial charge on any atom is 0.408 e. The second-order valence-electron chi connectivity index (χ2n) is 11.4. The van der Waals surface area contributed by atoms with Gasteiger partial charge in [-0.3, -0.25) is 4.79 Å². The maximum absolute atomic E-state index is 13.7. The number of aromatic nitrogens is 2. The zero-order chi connectivity index (χ0) is 30.7. The van der Waals surface area contributed by atoms with Crippen molar-refractivity contribution in [3.8, 4) is 17.1 Å². The molecular weight excluding hydrogens is 563 g/mol. The molecule has 3 atom stereocenters. The van der Waals surface area contributed by atoms with Gasteiger partial charge in [0, 0.05) is 51.0 Å². The molecule has 10 nitrogen and oxygen atoms in total. The Balaban J connectivity index is 1.41. The lowest BCUT2D eigenvalue weighted by atomic mass is 10.0. The summed E-state index contributed by atoms with van der Waals surface area (Å²) in [7, 11) is 2.02. The molecule has 3 aliphatic heterocycles. The monoisotopic (exact) mass is 603 g/mol. The Morgan fingerprint density at radius 2 is 1.88 bits per heavy atom. The number of nitrogens with one attached hydrogen (secondary N) is 1. The number of urea groups is 1. The molecule has 0 saturated carbocycles. The van der Waals surface area contributed by atoms with Crippen molar-refractivity contribution < 1.29 is 27.5 Å². The van der Waals surface area contributed by atoms with Crippen molar-refractivity contribution in [3.05, 3.63) is 36.2 Å². The highest BCUT2D eigenvalue weighted by Gasteiger charge is 2.49. The van der Waals surface area contributed by atoms with E-state index in [4.69, 9.17) is 9.72 Å². The minimum atomic E-state index is -4.45. The van der Waals surface area contributed by atoms with Crippen LogP contribution < -0.4 is 15.0 Å². The molecule has 3 amide bonds. The van der Waals surface area contributed by atoms with E-state index in [0.717, 1.165) is 17.9 Å². The summed E-state index contributed by atoms with van der Waals surface area (Å²) in [4.78, 5) is 42.8. The van der Waals surface area contributed by atoms with Crippen LogP contribution >= 0.6 is 0 Å². The van der Waals surface area contributed by atoms with E-state index in [1.54, 1.807) is 12.3 Å². The molecule has 13 heteroatoms. The average Bonchev–Trinajstić information content (AvgIpc) is 3.51. The number of rotatable bonds is 8. The van der Waals surface area contributed by atoms with Gasteiger partial charge in [0.15, 0.2) is 5.69 Å². The van der Waals surface area contributed by atoms with E-state index in [0.29, 0.717) is 55.4 Å². The summed E-state index contributed by atoms with van der Waals surface area (Å²) in [5.41, 5.74) is 2.08. The molecule has 43 heavy (non-hydrogen) atoms. The number of amides is 3. The fraction of sp³-hybridized carbons (Fsp3) is 0.600. The molecule has 2 aromatic heterocycles. The van der Waals surface area contributed by atoms with Crippen LogP contribution in [0.1, 0.15) is 50.0 Å². The Labute approximate surface area is 250 Å². The van der Waals surface area contributed by atoms with Gasteiger partial charge in [-0.15, -0.1) is 0 Å². The van der Waals surface area contributed by atoms with Crippen molar-refractivity contribution in [2.24, 2.45) is 0 Å². The Morgan fingerprint density at radius 1 is 1.07 bits per heavy atom. The number of pyridine rings is 2. The van der Waals surface area contributed by atoms with E-state index in [1.165, 1.54) is 4.90 Å². The largest absolute Gasteiger partial charge is 0.477 e. The first-order valence-corrected chi connectivity index (χ1v) is 15.1. The van der Waals surface area contributed by atoms with Gasteiger partial charge in [-0.1, -0.05) is 6.92 Å². The molecule has 5 rings (SSSR count). The quantitative estimate of drug-likeness (QED) is 0.487. The van der Waals surface area contributed by atoms with Crippen molar-refractivity contribution in [2.45, 2.75) is 63.8 Å². The van der Waals surface area contributed by atoms with Crippen molar-refractivity contribution in [1.29, 1.82) is 0 Å². The van der Waals surface area contributed by atoms with Gasteiger partial charge in [-0.05, 0) is 70.5 Å². The summed E-state index contributed by atoms with van der Waals surface area (Å²) in [6, 6.07) is 5.05. The second-order valence-corrected chi connectivity index (χ2v) is 11.4. The van der Waals surface area contributed by atoms with E-state index < -0.39 is 18.2 Å². The lowest BCUT2D eigenvalue weighted by molar-refractivity contribution is -0.170. The predicted molar refractivity (Wildman–Crippen MR) is 156 cm³/mol. The zero-order valence-corrected chi connectivity index (χ0v) is 24.9. The smallest absolute Gasteiger partial charge is 0.408 e. The Hall–Kier alpha value is -3.61. The Bertz CT molecular complexity index is 1310. The molecule has 234 valence electrons. The zero-order valence-electron chi connectivity index (χ0n) is 24.9. The van der Waals surface area contributed by atoms with Crippen LogP contribution in [0.25, 0.3) is 11.3 Å². The highest BCUT2D eigenvalue weighted by Crippen LogP contribution is 2.35. The van der Waals surface area contributed by atoms with E-state index >= 15 is 0 Å². The topological polar surface area (TPSA) is 94.1 Å². The van der Waals surface area contributed by atoms with Crippen LogP contribution in [-0.2, 0) is 0 Å². The van der Waals surface area contributed by atoms with Gasteiger partial charge >= 0.3 is 12.2 Å². The van der Waals surface area contributed by atoms with E-state index in [9.17, 15) is 22.8 Å². The molecule has 0 aromatic carbocycles. The van der Waals surface area contributed by atoms with Gasteiger partial charge in [0.1, 0.15) is 6.04 Å². The van der Waals surface area contributed by atoms with Gasteiger partial charge in [-0.25, -0.2) is 14.8 Å². The van der Waals surface area contributed by atoms with Crippen molar-refractivity contribution in [3.63, 3.8) is 0 Å². The fourth-order valence-corrected chi connectivity index (χ4v) is 6.17. The van der Waals surface area contributed by atoms with E-state index in [-0.39, 0.29) is 49.7 Å². The molecule has 0 radical (unpaired) electrons. The summed E-state index contributed by atoms with van der Waals surface area (Å²) in [6.45, 7) is 6.70. The lowest BCUT2D eigenvalue weighted by Gasteiger charge is -2.44. The first kappa shape index (κ1) is 30.8. The summed E-state index contributed by atoms with van der Waals surface area (Å²) in [5, 5.41) is 3.05. The first-order chi connectivity index (χ1) is 20.6. The number of nitrogens with zero attached hydrogens (tertiary/aromatic N) is 6. The van der Waals surface area contributed by atoms with Crippen molar-refractivity contribution in [1.82, 2.24) is 30.0 Å². The summed E-state index contributed by atoms with van der Waals surface area (Å²) in [6.07, 6.45) is -0.913. The molecule has 5 heterocycles. The lowest BCUT2D eigenvalue weighted by Crippen LogP contribution is -2.59. The molecule has 3 aliphatic rings. The van der Waals surface area contributed by atoms with Crippen LogP contribution in [0.15, 0.2) is 30.5 Å². The third-order valence-corrected chi connectivity index (χ3v) is 8.76. The fourth-order valence-electron chi connectivity index (χ4n) is 6.17. The van der Waals surface area contributed by atoms with Crippen molar-refractivity contribution in [2.75, 3.05) is 57.8 Å². The normalized spacial score (nSPS) is 22.8. The van der Waals surface area contributed by atoms with Gasteiger partial charge in [0.05, 0.1) is 23.6 Å². The van der Waals surface area contributed by atoms with Crippen LogP contribution in [0.2, 0.25) is 0 Å². The molecule has 3 saturated heterocycles. The predicted octanol–water partition coefficient (Wildman–Crippen LogP) is 4.02. The number of anilines is 1. The highest BCUT2D eigenvalue weighted by atomic mass is 19.4. The van der Waals surface area contributed by atoms with E-state index in [2.05, 4.69) is 20.1 Å². The molecule has 1 N–H and O–H groups in total. The first-order valence-electron chi connectivity index (χ1n) is 15.1. The number of ether oxygens (including phenoxy) is 1. The number of hydrogen-bond donors (Lipinski definition) is 1. The number of alkyl halides is 3. The molecule has 3 fully saturated rings. The number of halogens is 3. The maximum atomic E-state index is 13.7. The SMILES string of the molecule is CCOc1ncccc1-c1ccc(N2CCN(C(=O)N3CCC[C@H]3C(F)(F)F)C[C@H]2CC)c(C(=O)NC[C@H]2CCN2C)n1. The molecular formula is C30H40F3N7O3. The molecule has 0 spiro atoms. The number of piperazine rings is 1. The second kappa shape index (κ2) is 12.9. The third-order valence-electron chi connectivity index (χ3n) is 8.76. The van der Waals surface area contributed by atoms with Gasteiger partial charge in [0.25, 0.3) is 5.91 Å². The summed E-state index contributed by atoms with van der Waals surface area (Å²) < 4.78 is 46.5. The van der Waals surface area contributed by atoms with E-state index in [1.807, 2.05) is 39.1 Å². The number of carbonyl (C=O) groups excluding carboxylic acids is 2.